The summed E-state index contributed by atoms with van der Waals surface area (Å²) < 4.78 is 11.0. The Hall–Kier alpha value is -2.00. The van der Waals surface area contributed by atoms with Gasteiger partial charge < -0.3 is 14.8 Å². The lowest BCUT2D eigenvalue weighted by Gasteiger charge is -2.28. The fourth-order valence-electron chi connectivity index (χ4n) is 3.09. The molecule has 0 radical (unpaired) electrons. The van der Waals surface area contributed by atoms with Crippen LogP contribution in [0.25, 0.3) is 0 Å². The van der Waals surface area contributed by atoms with E-state index in [4.69, 9.17) is 9.47 Å². The van der Waals surface area contributed by atoms with Crippen molar-refractivity contribution in [3.63, 3.8) is 0 Å². The lowest BCUT2D eigenvalue weighted by atomic mass is 9.89. The van der Waals surface area contributed by atoms with Crippen LogP contribution in [0.1, 0.15) is 28.3 Å². The van der Waals surface area contributed by atoms with Gasteiger partial charge in [-0.2, -0.15) is 0 Å². The standard InChI is InChI=1S/C17H17NO2/c1-11-3-2-4-13(7-11)17-14-9-16-15(19-10-20-16)8-12(14)5-6-18-17/h2-4,7-9,17-18H,5-6,10H2,1H3. The van der Waals surface area contributed by atoms with Gasteiger partial charge in [0, 0.05) is 6.54 Å². The average Bonchev–Trinajstić information content (AvgIpc) is 2.91. The van der Waals surface area contributed by atoms with Crippen molar-refractivity contribution in [2.45, 2.75) is 19.4 Å². The third-order valence-electron chi connectivity index (χ3n) is 4.06. The molecule has 2 aliphatic rings. The summed E-state index contributed by atoms with van der Waals surface area (Å²) in [6.07, 6.45) is 1.04. The maximum absolute atomic E-state index is 5.52. The average molecular weight is 267 g/mol. The third-order valence-corrected chi connectivity index (χ3v) is 4.06. The van der Waals surface area contributed by atoms with Gasteiger partial charge in [-0.1, -0.05) is 29.8 Å². The third kappa shape index (κ3) is 1.86. The van der Waals surface area contributed by atoms with Gasteiger partial charge >= 0.3 is 0 Å². The second kappa shape index (κ2) is 4.53. The molecular formula is C17H17NO2. The number of hydrogen-bond donors (Lipinski definition) is 1. The first-order chi connectivity index (χ1) is 9.81. The van der Waals surface area contributed by atoms with Crippen LogP contribution in [-0.4, -0.2) is 13.3 Å². The Balaban J connectivity index is 1.82. The Labute approximate surface area is 118 Å². The summed E-state index contributed by atoms with van der Waals surface area (Å²) in [6, 6.07) is 13.2. The van der Waals surface area contributed by atoms with Crippen LogP contribution in [0.4, 0.5) is 0 Å². The van der Waals surface area contributed by atoms with Gasteiger partial charge in [-0.15, -0.1) is 0 Å². The summed E-state index contributed by atoms with van der Waals surface area (Å²) in [5.74, 6) is 1.75. The maximum Gasteiger partial charge on any atom is 0.231 e. The summed E-state index contributed by atoms with van der Waals surface area (Å²) in [6.45, 7) is 3.46. The molecule has 3 heteroatoms. The van der Waals surface area contributed by atoms with Crippen LogP contribution in [0, 0.1) is 6.92 Å². The van der Waals surface area contributed by atoms with E-state index in [1.165, 1.54) is 22.3 Å². The number of aryl methyl sites for hydroxylation is 1. The number of hydrogen-bond acceptors (Lipinski definition) is 3. The molecule has 0 amide bonds. The summed E-state index contributed by atoms with van der Waals surface area (Å²) in [4.78, 5) is 0. The largest absolute Gasteiger partial charge is 0.454 e. The highest BCUT2D eigenvalue weighted by molar-refractivity contribution is 5.52. The molecule has 0 fully saturated rings. The number of fused-ring (bicyclic) bond motifs is 2. The SMILES string of the molecule is Cc1cccc(C2NCCc3cc4c(cc32)OCO4)c1. The number of rotatable bonds is 1. The second-order valence-electron chi connectivity index (χ2n) is 5.46. The van der Waals surface area contributed by atoms with Crippen molar-refractivity contribution in [1.29, 1.82) is 0 Å². The normalized spacial score (nSPS) is 19.8. The van der Waals surface area contributed by atoms with Crippen molar-refractivity contribution >= 4 is 0 Å². The Bertz CT molecular complexity index is 666. The van der Waals surface area contributed by atoms with E-state index in [1.54, 1.807) is 0 Å². The van der Waals surface area contributed by atoms with Crippen LogP contribution >= 0.6 is 0 Å². The molecular weight excluding hydrogens is 250 g/mol. The van der Waals surface area contributed by atoms with E-state index in [-0.39, 0.29) is 6.04 Å². The van der Waals surface area contributed by atoms with Crippen molar-refractivity contribution in [2.24, 2.45) is 0 Å². The fraction of sp³-hybridized carbons (Fsp3) is 0.294. The van der Waals surface area contributed by atoms with Crippen LogP contribution in [0.3, 0.4) is 0 Å². The van der Waals surface area contributed by atoms with Gasteiger partial charge in [0.25, 0.3) is 0 Å². The summed E-state index contributed by atoms with van der Waals surface area (Å²) >= 11 is 0. The molecule has 1 N–H and O–H groups in total. The van der Waals surface area contributed by atoms with E-state index in [0.29, 0.717) is 6.79 Å². The molecule has 0 spiro atoms. The monoisotopic (exact) mass is 267 g/mol. The zero-order chi connectivity index (χ0) is 13.5. The van der Waals surface area contributed by atoms with Crippen LogP contribution in [0.2, 0.25) is 0 Å². The zero-order valence-electron chi connectivity index (χ0n) is 11.5. The lowest BCUT2D eigenvalue weighted by molar-refractivity contribution is 0.174. The van der Waals surface area contributed by atoms with E-state index in [0.717, 1.165) is 24.5 Å². The molecule has 1 unspecified atom stereocenters. The smallest absolute Gasteiger partial charge is 0.231 e. The van der Waals surface area contributed by atoms with Gasteiger partial charge in [0.1, 0.15) is 0 Å². The lowest BCUT2D eigenvalue weighted by Crippen LogP contribution is -2.30. The van der Waals surface area contributed by atoms with Crippen LogP contribution in [-0.2, 0) is 6.42 Å². The van der Waals surface area contributed by atoms with Gasteiger partial charge in [-0.25, -0.2) is 0 Å². The summed E-state index contributed by atoms with van der Waals surface area (Å²) in [5, 5.41) is 3.61. The van der Waals surface area contributed by atoms with Crippen molar-refractivity contribution in [3.05, 3.63) is 58.7 Å². The van der Waals surface area contributed by atoms with Crippen molar-refractivity contribution < 1.29 is 9.47 Å². The fourth-order valence-corrected chi connectivity index (χ4v) is 3.09. The van der Waals surface area contributed by atoms with Crippen LogP contribution in [0.5, 0.6) is 11.5 Å². The highest BCUT2D eigenvalue weighted by atomic mass is 16.7. The molecule has 3 nitrogen and oxygen atoms in total. The van der Waals surface area contributed by atoms with Gasteiger partial charge in [-0.05, 0) is 42.2 Å². The van der Waals surface area contributed by atoms with Crippen molar-refractivity contribution in [1.82, 2.24) is 5.32 Å². The molecule has 2 aromatic carbocycles. The topological polar surface area (TPSA) is 30.5 Å². The molecule has 0 bridgehead atoms. The molecule has 2 heterocycles. The highest BCUT2D eigenvalue weighted by Gasteiger charge is 2.25. The van der Waals surface area contributed by atoms with Gasteiger partial charge in [0.15, 0.2) is 11.5 Å². The van der Waals surface area contributed by atoms with Gasteiger partial charge in [0.05, 0.1) is 6.04 Å². The van der Waals surface area contributed by atoms with Gasteiger partial charge in [0.2, 0.25) is 6.79 Å². The van der Waals surface area contributed by atoms with E-state index < -0.39 is 0 Å². The van der Waals surface area contributed by atoms with E-state index in [1.807, 2.05) is 0 Å². The first-order valence-corrected chi connectivity index (χ1v) is 7.03. The molecule has 0 saturated carbocycles. The van der Waals surface area contributed by atoms with E-state index in [9.17, 15) is 0 Å². The summed E-state index contributed by atoms with van der Waals surface area (Å²) in [7, 11) is 0. The quantitative estimate of drug-likeness (QED) is 0.861. The minimum atomic E-state index is 0.244. The number of benzene rings is 2. The Morgan fingerprint density at radius 3 is 2.80 bits per heavy atom. The molecule has 4 rings (SSSR count). The first kappa shape index (κ1) is 11.8. The van der Waals surface area contributed by atoms with E-state index >= 15 is 0 Å². The van der Waals surface area contributed by atoms with Crippen LogP contribution in [0.15, 0.2) is 36.4 Å². The predicted octanol–water partition coefficient (Wildman–Crippen LogP) is 2.96. The second-order valence-corrected chi connectivity index (χ2v) is 5.46. The first-order valence-electron chi connectivity index (χ1n) is 7.03. The highest BCUT2D eigenvalue weighted by Crippen LogP contribution is 2.39. The molecule has 2 aromatic rings. The van der Waals surface area contributed by atoms with Crippen molar-refractivity contribution in [2.75, 3.05) is 13.3 Å². The van der Waals surface area contributed by atoms with Gasteiger partial charge in [-0.3, -0.25) is 0 Å². The van der Waals surface area contributed by atoms with Crippen LogP contribution < -0.4 is 14.8 Å². The minimum Gasteiger partial charge on any atom is -0.454 e. The number of ether oxygens (including phenoxy) is 2. The Kier molecular flexibility index (Phi) is 2.67. The molecule has 0 aromatic heterocycles. The summed E-state index contributed by atoms with van der Waals surface area (Å²) in [5.41, 5.74) is 5.27. The maximum atomic E-state index is 5.52. The predicted molar refractivity (Wildman–Crippen MR) is 77.3 cm³/mol. The van der Waals surface area contributed by atoms with E-state index in [2.05, 4.69) is 48.6 Å². The number of nitrogens with one attached hydrogen (secondary N) is 1. The zero-order valence-corrected chi connectivity index (χ0v) is 11.5. The Morgan fingerprint density at radius 1 is 1.10 bits per heavy atom. The molecule has 102 valence electrons. The molecule has 20 heavy (non-hydrogen) atoms. The van der Waals surface area contributed by atoms with Crippen molar-refractivity contribution in [3.8, 4) is 11.5 Å². The molecule has 1 atom stereocenters. The minimum absolute atomic E-state index is 0.244. The Morgan fingerprint density at radius 2 is 1.95 bits per heavy atom. The molecule has 0 saturated heterocycles. The molecule has 0 aliphatic carbocycles. The molecule has 2 aliphatic heterocycles.